The zero-order chi connectivity index (χ0) is 11.4. The third kappa shape index (κ3) is 2.70. The molecule has 2 unspecified atom stereocenters. The number of carbonyl (C=O) groups is 2. The van der Waals surface area contributed by atoms with Crippen molar-refractivity contribution in [2.45, 2.75) is 52.1 Å². The first-order chi connectivity index (χ1) is 7.10. The smallest absolute Gasteiger partial charge is 0.245 e. The molecule has 1 aliphatic heterocycles. The maximum Gasteiger partial charge on any atom is 0.245 e. The second kappa shape index (κ2) is 5.14. The zero-order valence-corrected chi connectivity index (χ0v) is 9.75. The lowest BCUT2D eigenvalue weighted by molar-refractivity contribution is -0.146. The van der Waals surface area contributed by atoms with Gasteiger partial charge in [0.2, 0.25) is 11.8 Å². The van der Waals surface area contributed by atoms with Gasteiger partial charge in [0.05, 0.1) is 6.54 Å². The van der Waals surface area contributed by atoms with Crippen molar-refractivity contribution in [2.75, 3.05) is 6.54 Å². The highest BCUT2D eigenvalue weighted by atomic mass is 16.2. The lowest BCUT2D eigenvalue weighted by Crippen LogP contribution is -2.59. The van der Waals surface area contributed by atoms with Gasteiger partial charge >= 0.3 is 0 Å². The van der Waals surface area contributed by atoms with E-state index in [-0.39, 0.29) is 30.4 Å². The fourth-order valence-electron chi connectivity index (χ4n) is 1.96. The summed E-state index contributed by atoms with van der Waals surface area (Å²) in [5.74, 6) is 0.0300. The van der Waals surface area contributed by atoms with Crippen LogP contribution in [0.15, 0.2) is 0 Å². The zero-order valence-electron chi connectivity index (χ0n) is 9.75. The Balaban J connectivity index is 2.69. The minimum Gasteiger partial charge on any atom is -0.343 e. The fourth-order valence-corrected chi connectivity index (χ4v) is 1.96. The molecule has 1 saturated heterocycles. The maximum absolute atomic E-state index is 11.9. The van der Waals surface area contributed by atoms with E-state index in [4.69, 9.17) is 0 Å². The standard InChI is InChI=1S/C11H20N2O2/c1-4-6-8(3)13-7-10(14)12-9(5-2)11(13)15/h8-9H,4-7H2,1-3H3,(H,12,14). The Kier molecular flexibility index (Phi) is 4.12. The van der Waals surface area contributed by atoms with Crippen LogP contribution in [-0.2, 0) is 9.59 Å². The number of hydrogen-bond acceptors (Lipinski definition) is 2. The first kappa shape index (κ1) is 12.0. The van der Waals surface area contributed by atoms with Crippen LogP contribution < -0.4 is 5.32 Å². The maximum atomic E-state index is 11.9. The van der Waals surface area contributed by atoms with Crippen molar-refractivity contribution in [3.05, 3.63) is 0 Å². The van der Waals surface area contributed by atoms with Crippen molar-refractivity contribution in [1.29, 1.82) is 0 Å². The number of rotatable bonds is 4. The number of nitrogens with one attached hydrogen (secondary N) is 1. The monoisotopic (exact) mass is 212 g/mol. The van der Waals surface area contributed by atoms with Gasteiger partial charge in [0.15, 0.2) is 0 Å². The summed E-state index contributed by atoms with van der Waals surface area (Å²) in [4.78, 5) is 25.0. The molecule has 4 nitrogen and oxygen atoms in total. The summed E-state index contributed by atoms with van der Waals surface area (Å²) in [6.45, 7) is 6.22. The molecule has 0 saturated carbocycles. The molecule has 0 radical (unpaired) electrons. The summed E-state index contributed by atoms with van der Waals surface area (Å²) < 4.78 is 0. The average Bonchev–Trinajstić information content (AvgIpc) is 2.21. The van der Waals surface area contributed by atoms with Crippen LogP contribution in [0.5, 0.6) is 0 Å². The lowest BCUT2D eigenvalue weighted by atomic mass is 10.1. The SMILES string of the molecule is CCCC(C)N1CC(=O)NC(CC)C1=O. The summed E-state index contributed by atoms with van der Waals surface area (Å²) in [5, 5.41) is 2.71. The van der Waals surface area contributed by atoms with Crippen LogP contribution in [0.1, 0.15) is 40.0 Å². The van der Waals surface area contributed by atoms with Crippen molar-refractivity contribution < 1.29 is 9.59 Å². The average molecular weight is 212 g/mol. The van der Waals surface area contributed by atoms with Gasteiger partial charge in [-0.2, -0.15) is 0 Å². The van der Waals surface area contributed by atoms with E-state index in [9.17, 15) is 9.59 Å². The molecule has 2 atom stereocenters. The van der Waals surface area contributed by atoms with Crippen LogP contribution >= 0.6 is 0 Å². The molecule has 1 aliphatic rings. The molecule has 86 valence electrons. The van der Waals surface area contributed by atoms with E-state index < -0.39 is 0 Å². The van der Waals surface area contributed by atoms with Gasteiger partial charge in [-0.1, -0.05) is 20.3 Å². The van der Waals surface area contributed by atoms with Crippen LogP contribution in [0.2, 0.25) is 0 Å². The quantitative estimate of drug-likeness (QED) is 0.753. The number of hydrogen-bond donors (Lipinski definition) is 1. The topological polar surface area (TPSA) is 49.4 Å². The van der Waals surface area contributed by atoms with Crippen molar-refractivity contribution in [3.8, 4) is 0 Å². The van der Waals surface area contributed by atoms with E-state index in [1.54, 1.807) is 4.90 Å². The van der Waals surface area contributed by atoms with Gasteiger partial charge in [0, 0.05) is 6.04 Å². The van der Waals surface area contributed by atoms with Gasteiger partial charge in [0.25, 0.3) is 0 Å². The van der Waals surface area contributed by atoms with E-state index in [1.807, 2.05) is 13.8 Å². The van der Waals surface area contributed by atoms with Crippen LogP contribution in [0.3, 0.4) is 0 Å². The Labute approximate surface area is 91.0 Å². The predicted molar refractivity (Wildman–Crippen MR) is 58.3 cm³/mol. The van der Waals surface area contributed by atoms with Gasteiger partial charge in [-0.15, -0.1) is 0 Å². The minimum atomic E-state index is -0.314. The van der Waals surface area contributed by atoms with E-state index in [2.05, 4.69) is 12.2 Å². The number of amides is 2. The molecule has 0 aromatic carbocycles. The van der Waals surface area contributed by atoms with Gasteiger partial charge in [-0.3, -0.25) is 9.59 Å². The third-order valence-corrected chi connectivity index (χ3v) is 2.88. The molecule has 0 spiro atoms. The molecule has 4 heteroatoms. The Morgan fingerprint density at radius 2 is 2.13 bits per heavy atom. The molecule has 1 N–H and O–H groups in total. The van der Waals surface area contributed by atoms with Gasteiger partial charge in [-0.25, -0.2) is 0 Å². The van der Waals surface area contributed by atoms with E-state index in [1.165, 1.54) is 0 Å². The number of piperazine rings is 1. The number of nitrogens with zero attached hydrogens (tertiary/aromatic N) is 1. The third-order valence-electron chi connectivity index (χ3n) is 2.88. The predicted octanol–water partition coefficient (Wildman–Crippen LogP) is 0.912. The Bertz CT molecular complexity index is 253. The van der Waals surface area contributed by atoms with Crippen LogP contribution in [0, 0.1) is 0 Å². The molecule has 0 aromatic rings. The Morgan fingerprint density at radius 1 is 1.47 bits per heavy atom. The highest BCUT2D eigenvalue weighted by molar-refractivity contribution is 5.94. The van der Waals surface area contributed by atoms with Crippen LogP contribution in [-0.4, -0.2) is 35.3 Å². The minimum absolute atomic E-state index is 0.0376. The van der Waals surface area contributed by atoms with Crippen molar-refractivity contribution in [1.82, 2.24) is 10.2 Å². The Hall–Kier alpha value is -1.06. The molecule has 1 heterocycles. The van der Waals surface area contributed by atoms with E-state index in [0.717, 1.165) is 12.8 Å². The summed E-state index contributed by atoms with van der Waals surface area (Å²) in [6, 6.07) is -0.145. The highest BCUT2D eigenvalue weighted by Gasteiger charge is 2.33. The van der Waals surface area contributed by atoms with E-state index in [0.29, 0.717) is 6.42 Å². The largest absolute Gasteiger partial charge is 0.343 e. The Morgan fingerprint density at radius 3 is 2.67 bits per heavy atom. The molecular formula is C11H20N2O2. The molecule has 0 bridgehead atoms. The summed E-state index contributed by atoms with van der Waals surface area (Å²) in [6.07, 6.45) is 2.65. The van der Waals surface area contributed by atoms with Crippen molar-refractivity contribution in [2.24, 2.45) is 0 Å². The summed E-state index contributed by atoms with van der Waals surface area (Å²) >= 11 is 0. The van der Waals surface area contributed by atoms with Gasteiger partial charge in [0.1, 0.15) is 6.04 Å². The second-order valence-corrected chi connectivity index (χ2v) is 4.13. The normalized spacial score (nSPS) is 23.9. The first-order valence-corrected chi connectivity index (χ1v) is 5.70. The summed E-state index contributed by atoms with van der Waals surface area (Å²) in [5.41, 5.74) is 0. The highest BCUT2D eigenvalue weighted by Crippen LogP contribution is 2.12. The molecule has 1 rings (SSSR count). The van der Waals surface area contributed by atoms with Crippen molar-refractivity contribution in [3.63, 3.8) is 0 Å². The molecule has 15 heavy (non-hydrogen) atoms. The summed E-state index contributed by atoms with van der Waals surface area (Å²) in [7, 11) is 0. The van der Waals surface area contributed by atoms with Gasteiger partial charge in [-0.05, 0) is 19.8 Å². The molecule has 0 aromatic heterocycles. The van der Waals surface area contributed by atoms with Crippen LogP contribution in [0.4, 0.5) is 0 Å². The molecule has 0 aliphatic carbocycles. The molecule has 2 amide bonds. The van der Waals surface area contributed by atoms with E-state index >= 15 is 0 Å². The first-order valence-electron chi connectivity index (χ1n) is 5.70. The fraction of sp³-hybridized carbons (Fsp3) is 0.818. The molecule has 1 fully saturated rings. The second-order valence-electron chi connectivity index (χ2n) is 4.13. The van der Waals surface area contributed by atoms with Crippen molar-refractivity contribution >= 4 is 11.8 Å². The lowest BCUT2D eigenvalue weighted by Gasteiger charge is -2.36. The van der Waals surface area contributed by atoms with Gasteiger partial charge < -0.3 is 10.2 Å². The van der Waals surface area contributed by atoms with Crippen LogP contribution in [0.25, 0.3) is 0 Å². The number of carbonyl (C=O) groups excluding carboxylic acids is 2. The molecular weight excluding hydrogens is 192 g/mol.